The predicted octanol–water partition coefficient (Wildman–Crippen LogP) is 4.12. The van der Waals surface area contributed by atoms with Gasteiger partial charge in [-0.2, -0.15) is 0 Å². The maximum absolute atomic E-state index is 5.98. The van der Waals surface area contributed by atoms with Gasteiger partial charge in [-0.25, -0.2) is 4.98 Å². The van der Waals surface area contributed by atoms with E-state index < -0.39 is 0 Å². The first-order valence-electron chi connectivity index (χ1n) is 10.6. The summed E-state index contributed by atoms with van der Waals surface area (Å²) < 4.78 is 11.4. The lowest BCUT2D eigenvalue weighted by molar-refractivity contribution is 0.0880. The van der Waals surface area contributed by atoms with E-state index in [1.54, 1.807) is 0 Å². The van der Waals surface area contributed by atoms with Gasteiger partial charge in [-0.1, -0.05) is 54.6 Å². The molecule has 0 amide bonds. The average Bonchev–Trinajstić information content (AvgIpc) is 3.29. The van der Waals surface area contributed by atoms with Crippen LogP contribution in [0.15, 0.2) is 72.9 Å². The monoisotopic (exact) mass is 401 g/mol. The molecule has 0 bridgehead atoms. The molecule has 2 saturated heterocycles. The largest absolute Gasteiger partial charge is 0.378 e. The lowest BCUT2D eigenvalue weighted by Crippen LogP contribution is -2.36. The third-order valence-electron chi connectivity index (χ3n) is 5.83. The number of aromatic nitrogens is 1. The zero-order valence-electron chi connectivity index (χ0n) is 17.1. The molecule has 1 aromatic heterocycles. The fraction of sp³-hybridized carbons (Fsp3) is 0.320. The molecule has 5 heteroatoms. The fourth-order valence-electron chi connectivity index (χ4n) is 4.11. The van der Waals surface area contributed by atoms with E-state index in [0.29, 0.717) is 6.73 Å². The Kier molecular flexibility index (Phi) is 5.75. The number of ether oxygens (including phenoxy) is 2. The van der Waals surface area contributed by atoms with Gasteiger partial charge in [0.05, 0.1) is 19.3 Å². The molecule has 5 nitrogen and oxygen atoms in total. The molecule has 0 saturated carbocycles. The van der Waals surface area contributed by atoms with Gasteiger partial charge in [-0.3, -0.25) is 4.90 Å². The second kappa shape index (κ2) is 8.96. The molecule has 2 aliphatic heterocycles. The number of benzene rings is 2. The van der Waals surface area contributed by atoms with Gasteiger partial charge in [-0.05, 0) is 28.8 Å². The third kappa shape index (κ3) is 4.38. The van der Waals surface area contributed by atoms with Gasteiger partial charge >= 0.3 is 0 Å². The lowest BCUT2D eigenvalue weighted by atomic mass is 10.1. The normalized spacial score (nSPS) is 19.9. The van der Waals surface area contributed by atoms with Crippen LogP contribution >= 0.6 is 0 Å². The Morgan fingerprint density at radius 2 is 1.63 bits per heavy atom. The summed E-state index contributed by atoms with van der Waals surface area (Å²) >= 11 is 0. The molecule has 5 rings (SSSR count). The minimum absolute atomic E-state index is 0.168. The van der Waals surface area contributed by atoms with Crippen molar-refractivity contribution >= 4 is 5.82 Å². The molecule has 2 aromatic carbocycles. The summed E-state index contributed by atoms with van der Waals surface area (Å²) in [7, 11) is 0. The zero-order valence-corrected chi connectivity index (χ0v) is 17.1. The van der Waals surface area contributed by atoms with Crippen molar-refractivity contribution in [1.82, 2.24) is 9.88 Å². The zero-order chi connectivity index (χ0) is 20.2. The van der Waals surface area contributed by atoms with Gasteiger partial charge in [0.25, 0.3) is 0 Å². The van der Waals surface area contributed by atoms with E-state index in [4.69, 9.17) is 9.47 Å². The van der Waals surface area contributed by atoms with E-state index in [-0.39, 0.29) is 6.10 Å². The summed E-state index contributed by atoms with van der Waals surface area (Å²) in [5.74, 6) is 1.03. The first kappa shape index (κ1) is 19.2. The van der Waals surface area contributed by atoms with Crippen molar-refractivity contribution in [2.24, 2.45) is 0 Å². The van der Waals surface area contributed by atoms with Gasteiger partial charge in [0.15, 0.2) is 0 Å². The topological polar surface area (TPSA) is 37.8 Å². The summed E-state index contributed by atoms with van der Waals surface area (Å²) in [5.41, 5.74) is 4.89. The Balaban J connectivity index is 1.20. The molecule has 0 N–H and O–H groups in total. The van der Waals surface area contributed by atoms with Crippen LogP contribution in [0.3, 0.4) is 0 Å². The molecule has 154 valence electrons. The molecule has 2 aliphatic rings. The van der Waals surface area contributed by atoms with E-state index in [9.17, 15) is 0 Å². The van der Waals surface area contributed by atoms with E-state index in [1.165, 1.54) is 16.7 Å². The first-order chi connectivity index (χ1) is 14.8. The van der Waals surface area contributed by atoms with Gasteiger partial charge in [0.1, 0.15) is 12.5 Å². The Bertz CT molecular complexity index is 938. The Labute approximate surface area is 177 Å². The van der Waals surface area contributed by atoms with Crippen LogP contribution in [0.1, 0.15) is 17.2 Å². The molecule has 0 aliphatic carbocycles. The van der Waals surface area contributed by atoms with Crippen molar-refractivity contribution in [3.8, 4) is 11.1 Å². The standard InChI is InChI=1S/C25H27N3O2/c1-2-4-22(5-3-1)24-18-27(19-30-24)17-20-6-8-21(9-7-20)23-10-11-25(26-16-23)28-12-14-29-15-13-28/h1-11,16,24H,12-15,17-19H2/t24-/m0/s1. The van der Waals surface area contributed by atoms with Crippen LogP contribution in [-0.2, 0) is 16.0 Å². The smallest absolute Gasteiger partial charge is 0.128 e. The molecule has 3 aromatic rings. The predicted molar refractivity (Wildman–Crippen MR) is 118 cm³/mol. The van der Waals surface area contributed by atoms with Crippen LogP contribution in [0.2, 0.25) is 0 Å². The van der Waals surface area contributed by atoms with E-state index >= 15 is 0 Å². The van der Waals surface area contributed by atoms with Crippen LogP contribution in [0.5, 0.6) is 0 Å². The van der Waals surface area contributed by atoms with Crippen LogP contribution in [0, 0.1) is 0 Å². The molecule has 0 unspecified atom stereocenters. The minimum atomic E-state index is 0.168. The second-order valence-electron chi connectivity index (χ2n) is 7.91. The van der Waals surface area contributed by atoms with Gasteiger partial charge in [0.2, 0.25) is 0 Å². The average molecular weight is 402 g/mol. The van der Waals surface area contributed by atoms with Crippen LogP contribution in [0.25, 0.3) is 11.1 Å². The first-order valence-corrected chi connectivity index (χ1v) is 10.6. The molecule has 3 heterocycles. The highest BCUT2D eigenvalue weighted by Gasteiger charge is 2.24. The summed E-state index contributed by atoms with van der Waals surface area (Å²) in [6.07, 6.45) is 2.14. The summed E-state index contributed by atoms with van der Waals surface area (Å²) in [5, 5.41) is 0. The number of hydrogen-bond acceptors (Lipinski definition) is 5. The highest BCUT2D eigenvalue weighted by atomic mass is 16.5. The highest BCUT2D eigenvalue weighted by molar-refractivity contribution is 5.64. The number of pyridine rings is 1. The maximum Gasteiger partial charge on any atom is 0.128 e. The van der Waals surface area contributed by atoms with Gasteiger partial charge < -0.3 is 14.4 Å². The van der Waals surface area contributed by atoms with E-state index in [2.05, 4.69) is 75.4 Å². The number of hydrogen-bond donors (Lipinski definition) is 0. The minimum Gasteiger partial charge on any atom is -0.378 e. The third-order valence-corrected chi connectivity index (χ3v) is 5.83. The Morgan fingerprint density at radius 1 is 0.867 bits per heavy atom. The lowest BCUT2D eigenvalue weighted by Gasteiger charge is -2.27. The van der Waals surface area contributed by atoms with Crippen molar-refractivity contribution in [1.29, 1.82) is 0 Å². The number of rotatable bonds is 5. The maximum atomic E-state index is 5.98. The van der Waals surface area contributed by atoms with Gasteiger partial charge in [0, 0.05) is 37.9 Å². The van der Waals surface area contributed by atoms with Crippen molar-refractivity contribution < 1.29 is 9.47 Å². The second-order valence-corrected chi connectivity index (χ2v) is 7.91. The Hall–Kier alpha value is -2.73. The molecule has 2 fully saturated rings. The Morgan fingerprint density at radius 3 is 2.37 bits per heavy atom. The van der Waals surface area contributed by atoms with Crippen molar-refractivity contribution in [3.05, 3.63) is 84.1 Å². The molecular weight excluding hydrogens is 374 g/mol. The molecule has 0 spiro atoms. The van der Waals surface area contributed by atoms with E-state index in [1.807, 2.05) is 12.3 Å². The summed E-state index contributed by atoms with van der Waals surface area (Å²) in [6, 6.07) is 23.5. The SMILES string of the molecule is c1ccc([C@@H]2CN(Cc3ccc(-c4ccc(N5CCOCC5)nc4)cc3)CO2)cc1. The van der Waals surface area contributed by atoms with Crippen molar-refractivity contribution in [2.75, 3.05) is 44.5 Å². The molecule has 30 heavy (non-hydrogen) atoms. The van der Waals surface area contributed by atoms with Crippen molar-refractivity contribution in [3.63, 3.8) is 0 Å². The molecular formula is C25H27N3O2. The number of anilines is 1. The fourth-order valence-corrected chi connectivity index (χ4v) is 4.11. The molecule has 0 radical (unpaired) electrons. The van der Waals surface area contributed by atoms with Crippen LogP contribution in [-0.4, -0.2) is 49.5 Å². The highest BCUT2D eigenvalue weighted by Crippen LogP contribution is 2.26. The number of morpholine rings is 1. The summed E-state index contributed by atoms with van der Waals surface area (Å²) in [4.78, 5) is 9.29. The molecule has 1 atom stereocenters. The van der Waals surface area contributed by atoms with Gasteiger partial charge in [-0.15, -0.1) is 0 Å². The number of nitrogens with zero attached hydrogens (tertiary/aromatic N) is 3. The summed E-state index contributed by atoms with van der Waals surface area (Å²) in [6.45, 7) is 5.88. The van der Waals surface area contributed by atoms with E-state index in [0.717, 1.165) is 50.8 Å². The van der Waals surface area contributed by atoms with Crippen LogP contribution in [0.4, 0.5) is 5.82 Å². The van der Waals surface area contributed by atoms with Crippen LogP contribution < -0.4 is 4.90 Å². The quantitative estimate of drug-likeness (QED) is 0.643. The van der Waals surface area contributed by atoms with Crippen molar-refractivity contribution in [2.45, 2.75) is 12.6 Å².